The Bertz CT molecular complexity index is 1050. The maximum Gasteiger partial charge on any atom is 0.330 e. The fraction of sp³-hybridized carbons (Fsp3) is 0.286. The molecule has 2 aromatic rings. The number of fused-ring (bicyclic) bond motifs is 1. The molecule has 2 unspecified atom stereocenters. The van der Waals surface area contributed by atoms with Gasteiger partial charge in [-0.05, 0) is 29.7 Å². The van der Waals surface area contributed by atoms with E-state index in [0.717, 1.165) is 22.9 Å². The smallest absolute Gasteiger partial charge is 0.330 e. The highest BCUT2D eigenvalue weighted by atomic mass is 16.6. The maximum atomic E-state index is 11.6. The zero-order valence-electron chi connectivity index (χ0n) is 20.3. The minimum absolute atomic E-state index is 0.0924. The zero-order chi connectivity index (χ0) is 26.2. The summed E-state index contributed by atoms with van der Waals surface area (Å²) in [7, 11) is 0. The fourth-order valence-corrected chi connectivity index (χ4v) is 3.04. The Morgan fingerprint density at radius 2 is 1.33 bits per heavy atom. The van der Waals surface area contributed by atoms with Crippen LogP contribution in [-0.2, 0) is 28.5 Å². The van der Waals surface area contributed by atoms with Gasteiger partial charge in [0.2, 0.25) is 0 Å². The first-order valence-electron chi connectivity index (χ1n) is 11.3. The molecule has 0 aliphatic rings. The number of hydrogen-bond acceptors (Lipinski definition) is 8. The van der Waals surface area contributed by atoms with Gasteiger partial charge in [-0.2, -0.15) is 0 Å². The highest BCUT2D eigenvalue weighted by Crippen LogP contribution is 2.29. The summed E-state index contributed by atoms with van der Waals surface area (Å²) in [6.07, 6.45) is 4.17. The van der Waals surface area contributed by atoms with E-state index in [0.29, 0.717) is 24.7 Å². The molecule has 0 bridgehead atoms. The highest BCUT2D eigenvalue weighted by molar-refractivity contribution is 5.89. The summed E-state index contributed by atoms with van der Waals surface area (Å²) in [5.41, 5.74) is 0. The van der Waals surface area contributed by atoms with Gasteiger partial charge in [-0.25, -0.2) is 9.59 Å². The molecule has 0 spiro atoms. The molecule has 2 rings (SSSR count). The molecule has 0 saturated heterocycles. The number of ether oxygens (including phenoxy) is 6. The van der Waals surface area contributed by atoms with Gasteiger partial charge in [0.25, 0.3) is 0 Å². The van der Waals surface area contributed by atoms with Crippen molar-refractivity contribution in [3.8, 4) is 11.5 Å². The Hall–Kier alpha value is -3.88. The van der Waals surface area contributed by atoms with Crippen molar-refractivity contribution in [3.05, 3.63) is 87.0 Å². The number of rotatable bonds is 18. The van der Waals surface area contributed by atoms with E-state index in [9.17, 15) is 9.59 Å². The Balaban J connectivity index is 2.07. The van der Waals surface area contributed by atoms with E-state index in [-0.39, 0.29) is 26.4 Å². The van der Waals surface area contributed by atoms with Crippen LogP contribution in [0.1, 0.15) is 0 Å². The molecule has 0 fully saturated rings. The second kappa shape index (κ2) is 15.9. The van der Waals surface area contributed by atoms with Crippen molar-refractivity contribution in [1.82, 2.24) is 0 Å². The van der Waals surface area contributed by atoms with Gasteiger partial charge in [-0.1, -0.05) is 37.4 Å². The van der Waals surface area contributed by atoms with Crippen LogP contribution in [0.4, 0.5) is 0 Å². The predicted octanol–water partition coefficient (Wildman–Crippen LogP) is 4.20. The first kappa shape index (κ1) is 28.4. The van der Waals surface area contributed by atoms with Gasteiger partial charge in [-0.3, -0.25) is 0 Å². The van der Waals surface area contributed by atoms with E-state index in [1.54, 1.807) is 18.2 Å². The largest absolute Gasteiger partial charge is 0.490 e. The van der Waals surface area contributed by atoms with Gasteiger partial charge >= 0.3 is 11.9 Å². The summed E-state index contributed by atoms with van der Waals surface area (Å²) in [5, 5.41) is 1.71. The topological polar surface area (TPSA) is 89.5 Å². The third-order valence-corrected chi connectivity index (χ3v) is 4.65. The van der Waals surface area contributed by atoms with Crippen LogP contribution in [0.25, 0.3) is 10.8 Å². The molecule has 0 aliphatic carbocycles. The van der Waals surface area contributed by atoms with Crippen LogP contribution in [0, 0.1) is 0 Å². The second-order valence-corrected chi connectivity index (χ2v) is 7.44. The average molecular weight is 497 g/mol. The molecule has 0 amide bonds. The Morgan fingerprint density at radius 3 is 1.89 bits per heavy atom. The lowest BCUT2D eigenvalue weighted by atomic mass is 10.1. The van der Waals surface area contributed by atoms with Crippen LogP contribution >= 0.6 is 0 Å². The molecule has 2 atom stereocenters. The molecule has 2 aromatic carbocycles. The van der Waals surface area contributed by atoms with Crippen molar-refractivity contribution >= 4 is 22.7 Å². The van der Waals surface area contributed by atoms with E-state index >= 15 is 0 Å². The summed E-state index contributed by atoms with van der Waals surface area (Å²) in [6.45, 7) is 15.2. The number of carbonyl (C=O) groups is 2. The van der Waals surface area contributed by atoms with Gasteiger partial charge < -0.3 is 28.4 Å². The molecule has 192 valence electrons. The lowest BCUT2D eigenvalue weighted by molar-refractivity contribution is -0.148. The minimum Gasteiger partial charge on any atom is -0.490 e. The lowest BCUT2D eigenvalue weighted by Gasteiger charge is -2.19. The molecule has 0 aliphatic heterocycles. The fourth-order valence-electron chi connectivity index (χ4n) is 3.04. The molecule has 36 heavy (non-hydrogen) atoms. The molecule has 0 heterocycles. The van der Waals surface area contributed by atoms with E-state index in [2.05, 4.69) is 26.3 Å². The van der Waals surface area contributed by atoms with E-state index in [4.69, 9.17) is 28.4 Å². The van der Waals surface area contributed by atoms with Gasteiger partial charge in [0.05, 0.1) is 26.4 Å². The predicted molar refractivity (Wildman–Crippen MR) is 137 cm³/mol. The third-order valence-electron chi connectivity index (χ3n) is 4.65. The van der Waals surface area contributed by atoms with Crippen molar-refractivity contribution in [2.24, 2.45) is 0 Å². The van der Waals surface area contributed by atoms with Crippen LogP contribution < -0.4 is 9.47 Å². The molecule has 0 N–H and O–H groups in total. The molecular formula is C28H32O8. The average Bonchev–Trinajstić information content (AvgIpc) is 2.89. The van der Waals surface area contributed by atoms with Gasteiger partial charge in [0, 0.05) is 17.5 Å². The van der Waals surface area contributed by atoms with Gasteiger partial charge in [0.1, 0.15) is 24.7 Å². The summed E-state index contributed by atoms with van der Waals surface area (Å²) in [5.74, 6) is 0.0761. The first-order chi connectivity index (χ1) is 17.5. The monoisotopic (exact) mass is 496 g/mol. The SMILES string of the molecule is C=CCOCC(COc1ccc2c(OCC(COCC=C)OC(=O)C=C)cccc2c1)OC(=O)C=C. The van der Waals surface area contributed by atoms with Crippen LogP contribution in [0.15, 0.2) is 87.0 Å². The molecule has 0 aromatic heterocycles. The third kappa shape index (κ3) is 9.77. The quantitative estimate of drug-likeness (QED) is 0.131. The molecule has 0 radical (unpaired) electrons. The first-order valence-corrected chi connectivity index (χ1v) is 11.3. The molecular weight excluding hydrogens is 464 g/mol. The Kier molecular flexibility index (Phi) is 12.5. The summed E-state index contributed by atoms with van der Waals surface area (Å²) in [4.78, 5) is 23.3. The minimum atomic E-state index is -0.619. The standard InChI is InChI=1S/C28H32O8/c1-5-14-31-17-23(35-27(29)7-3)19-33-22-12-13-25-21(16-22)10-9-11-26(25)34-20-24(18-32-15-6-2)36-28(30)8-4/h5-13,16,23-24H,1-4,14-15,17-20H2. The summed E-state index contributed by atoms with van der Waals surface area (Å²) < 4.78 is 33.2. The van der Waals surface area contributed by atoms with Crippen LogP contribution in [0.3, 0.4) is 0 Å². The normalized spacial score (nSPS) is 12.1. The molecule has 8 nitrogen and oxygen atoms in total. The van der Waals surface area contributed by atoms with Crippen molar-refractivity contribution in [2.45, 2.75) is 12.2 Å². The summed E-state index contributed by atoms with van der Waals surface area (Å²) in [6, 6.07) is 11.1. The van der Waals surface area contributed by atoms with Crippen LogP contribution in [-0.4, -0.2) is 63.8 Å². The molecule has 0 saturated carbocycles. The molecule has 8 heteroatoms. The van der Waals surface area contributed by atoms with E-state index in [1.807, 2.05) is 30.3 Å². The number of hydrogen-bond donors (Lipinski definition) is 0. The van der Waals surface area contributed by atoms with Crippen molar-refractivity contribution in [1.29, 1.82) is 0 Å². The Labute approximate surface area is 211 Å². The lowest BCUT2D eigenvalue weighted by Crippen LogP contribution is -2.29. The van der Waals surface area contributed by atoms with Crippen molar-refractivity contribution in [3.63, 3.8) is 0 Å². The number of carbonyl (C=O) groups excluding carboxylic acids is 2. The van der Waals surface area contributed by atoms with Crippen molar-refractivity contribution < 1.29 is 38.0 Å². The number of benzene rings is 2. The van der Waals surface area contributed by atoms with E-state index < -0.39 is 24.1 Å². The maximum absolute atomic E-state index is 11.6. The van der Waals surface area contributed by atoms with Gasteiger partial charge in [0.15, 0.2) is 12.2 Å². The number of esters is 2. The van der Waals surface area contributed by atoms with Crippen molar-refractivity contribution in [2.75, 3.05) is 39.6 Å². The van der Waals surface area contributed by atoms with Crippen LogP contribution in [0.2, 0.25) is 0 Å². The van der Waals surface area contributed by atoms with E-state index in [1.165, 1.54) is 0 Å². The Morgan fingerprint density at radius 1 is 0.750 bits per heavy atom. The van der Waals surface area contributed by atoms with Crippen LogP contribution in [0.5, 0.6) is 11.5 Å². The second-order valence-electron chi connectivity index (χ2n) is 7.44. The zero-order valence-corrected chi connectivity index (χ0v) is 20.3. The van der Waals surface area contributed by atoms with Gasteiger partial charge in [-0.15, -0.1) is 13.2 Å². The highest BCUT2D eigenvalue weighted by Gasteiger charge is 2.16. The summed E-state index contributed by atoms with van der Waals surface area (Å²) >= 11 is 0.